The lowest BCUT2D eigenvalue weighted by Crippen LogP contribution is -2.07. The molecule has 5 aromatic carbocycles. The van der Waals surface area contributed by atoms with Crippen LogP contribution in [0.2, 0.25) is 0 Å². The Balaban J connectivity index is 1.40. The van der Waals surface area contributed by atoms with Crippen molar-refractivity contribution in [1.29, 1.82) is 0 Å². The maximum atomic E-state index is 13.9. The number of hydrogen-bond acceptors (Lipinski definition) is 3. The lowest BCUT2D eigenvalue weighted by atomic mass is 9.93. The van der Waals surface area contributed by atoms with E-state index in [2.05, 4.69) is 54.6 Å². The van der Waals surface area contributed by atoms with Crippen LogP contribution in [-0.2, 0) is 4.57 Å². The molecule has 0 spiro atoms. The maximum Gasteiger partial charge on any atom is 0.160 e. The van der Waals surface area contributed by atoms with Gasteiger partial charge in [-0.1, -0.05) is 121 Å². The Morgan fingerprint density at radius 1 is 0.487 bits per heavy atom. The van der Waals surface area contributed by atoms with E-state index in [-0.39, 0.29) is 0 Å². The first-order valence-electron chi connectivity index (χ1n) is 13.0. The SMILES string of the molecule is CP1(=O)c2ccccc2-c2c(-c3cccc(-c4cc(-c5ccccc5)nc(-c5ccccc5)n4)c3)cccc21. The van der Waals surface area contributed by atoms with Crippen LogP contribution < -0.4 is 10.6 Å². The fraction of sp³-hybridized carbons (Fsp3) is 0.0286. The normalized spacial score (nSPS) is 15.5. The molecule has 0 fully saturated rings. The third-order valence-corrected chi connectivity index (χ3v) is 10.0. The summed E-state index contributed by atoms with van der Waals surface area (Å²) in [7, 11) is -2.64. The van der Waals surface area contributed by atoms with Crippen LogP contribution in [0.1, 0.15) is 0 Å². The molecule has 1 aliphatic rings. The van der Waals surface area contributed by atoms with Crippen LogP contribution in [0.4, 0.5) is 0 Å². The largest absolute Gasteiger partial charge is 0.314 e. The second-order valence-corrected chi connectivity index (χ2v) is 12.7. The average molecular weight is 521 g/mol. The number of benzene rings is 5. The lowest BCUT2D eigenvalue weighted by Gasteiger charge is -2.13. The van der Waals surface area contributed by atoms with Gasteiger partial charge in [-0.2, -0.15) is 0 Å². The van der Waals surface area contributed by atoms with E-state index in [4.69, 9.17) is 9.97 Å². The summed E-state index contributed by atoms with van der Waals surface area (Å²) in [5, 5.41) is 1.88. The first kappa shape index (κ1) is 23.5. The summed E-state index contributed by atoms with van der Waals surface area (Å²) in [6.45, 7) is 1.88. The molecule has 4 heteroatoms. The fourth-order valence-corrected chi connectivity index (χ4v) is 7.83. The minimum Gasteiger partial charge on any atom is -0.314 e. The van der Waals surface area contributed by atoms with Crippen molar-refractivity contribution >= 4 is 17.8 Å². The zero-order chi connectivity index (χ0) is 26.4. The van der Waals surface area contributed by atoms with E-state index >= 15 is 0 Å². The van der Waals surface area contributed by atoms with Crippen LogP contribution in [0.15, 0.2) is 133 Å². The predicted molar refractivity (Wildman–Crippen MR) is 162 cm³/mol. The number of rotatable bonds is 4. The van der Waals surface area contributed by atoms with Crippen LogP contribution in [0.25, 0.3) is 56.2 Å². The van der Waals surface area contributed by atoms with Gasteiger partial charge in [-0.3, -0.25) is 0 Å². The van der Waals surface area contributed by atoms with Crippen molar-refractivity contribution in [2.75, 3.05) is 6.66 Å². The topological polar surface area (TPSA) is 42.9 Å². The zero-order valence-corrected chi connectivity index (χ0v) is 22.3. The Morgan fingerprint density at radius 3 is 1.79 bits per heavy atom. The van der Waals surface area contributed by atoms with E-state index < -0.39 is 7.14 Å². The molecule has 1 aromatic heterocycles. The Hall–Kier alpha value is -4.59. The molecular formula is C35H25N2OP. The Labute approximate surface area is 228 Å². The number of nitrogens with zero attached hydrogens (tertiary/aromatic N) is 2. The first-order valence-corrected chi connectivity index (χ1v) is 15.2. The van der Waals surface area contributed by atoms with Gasteiger partial charge in [0.1, 0.15) is 7.14 Å². The molecule has 1 atom stereocenters. The smallest absolute Gasteiger partial charge is 0.160 e. The molecule has 2 heterocycles. The van der Waals surface area contributed by atoms with Gasteiger partial charge in [0.05, 0.1) is 11.4 Å². The highest BCUT2D eigenvalue weighted by Gasteiger charge is 2.35. The Kier molecular flexibility index (Phi) is 5.61. The van der Waals surface area contributed by atoms with Gasteiger partial charge in [0.15, 0.2) is 5.82 Å². The molecule has 0 N–H and O–H groups in total. The number of hydrogen-bond donors (Lipinski definition) is 0. The van der Waals surface area contributed by atoms with Crippen LogP contribution in [0.3, 0.4) is 0 Å². The summed E-state index contributed by atoms with van der Waals surface area (Å²) in [4.78, 5) is 9.94. The molecule has 6 aromatic rings. The molecule has 39 heavy (non-hydrogen) atoms. The standard InChI is InChI=1S/C35H25N2OP/c1-39(38)32-20-9-8-18-29(32)34-28(19-11-21-33(34)39)26-16-10-17-27(22-26)31-23-30(24-12-4-2-5-13-24)36-35(37-31)25-14-6-3-7-15-25/h2-23H,1H3. The van der Waals surface area contributed by atoms with Crippen LogP contribution in [0, 0.1) is 0 Å². The molecule has 0 radical (unpaired) electrons. The number of fused-ring (bicyclic) bond motifs is 3. The predicted octanol–water partition coefficient (Wildman–Crippen LogP) is 8.07. The molecule has 0 amide bonds. The van der Waals surface area contributed by atoms with Crippen molar-refractivity contribution < 1.29 is 4.57 Å². The fourth-order valence-electron chi connectivity index (χ4n) is 5.52. The van der Waals surface area contributed by atoms with E-state index in [1.807, 2.05) is 85.5 Å². The van der Waals surface area contributed by atoms with Crippen LogP contribution >= 0.6 is 7.14 Å². The number of aromatic nitrogens is 2. The molecule has 0 saturated heterocycles. The molecule has 0 aliphatic carbocycles. The van der Waals surface area contributed by atoms with Crippen molar-refractivity contribution in [2.24, 2.45) is 0 Å². The lowest BCUT2D eigenvalue weighted by molar-refractivity contribution is 0.591. The van der Waals surface area contributed by atoms with Crippen molar-refractivity contribution in [3.63, 3.8) is 0 Å². The van der Waals surface area contributed by atoms with E-state index in [0.29, 0.717) is 5.82 Å². The summed E-state index contributed by atoms with van der Waals surface area (Å²) in [6.07, 6.45) is 0. The van der Waals surface area contributed by atoms with Gasteiger partial charge in [0.25, 0.3) is 0 Å². The van der Waals surface area contributed by atoms with E-state index in [0.717, 1.165) is 60.9 Å². The quantitative estimate of drug-likeness (QED) is 0.221. The first-order chi connectivity index (χ1) is 19.1. The zero-order valence-electron chi connectivity index (χ0n) is 21.5. The molecule has 0 saturated carbocycles. The summed E-state index contributed by atoms with van der Waals surface area (Å²) in [5.74, 6) is 0.693. The van der Waals surface area contributed by atoms with Crippen molar-refractivity contribution in [3.05, 3.63) is 133 Å². The van der Waals surface area contributed by atoms with Gasteiger partial charge in [-0.05, 0) is 35.5 Å². The minimum absolute atomic E-state index is 0.693. The van der Waals surface area contributed by atoms with Crippen LogP contribution in [0.5, 0.6) is 0 Å². The van der Waals surface area contributed by atoms with Crippen molar-refractivity contribution in [1.82, 2.24) is 9.97 Å². The second kappa shape index (κ2) is 9.31. The summed E-state index contributed by atoms with van der Waals surface area (Å²) < 4.78 is 13.9. The van der Waals surface area contributed by atoms with Gasteiger partial charge in [0, 0.05) is 32.9 Å². The highest BCUT2D eigenvalue weighted by atomic mass is 31.2. The van der Waals surface area contributed by atoms with Gasteiger partial charge in [-0.15, -0.1) is 0 Å². The van der Waals surface area contributed by atoms with Gasteiger partial charge < -0.3 is 4.57 Å². The Bertz CT molecular complexity index is 1840. The van der Waals surface area contributed by atoms with Crippen molar-refractivity contribution in [2.45, 2.75) is 0 Å². The third kappa shape index (κ3) is 4.03. The minimum atomic E-state index is -2.64. The highest BCUT2D eigenvalue weighted by Crippen LogP contribution is 2.52. The molecule has 3 nitrogen and oxygen atoms in total. The third-order valence-electron chi connectivity index (χ3n) is 7.43. The maximum absolute atomic E-state index is 13.9. The molecule has 1 unspecified atom stereocenters. The molecular weight excluding hydrogens is 495 g/mol. The van der Waals surface area contributed by atoms with Crippen molar-refractivity contribution in [3.8, 4) is 56.2 Å². The molecule has 186 valence electrons. The van der Waals surface area contributed by atoms with Gasteiger partial charge >= 0.3 is 0 Å². The summed E-state index contributed by atoms with van der Waals surface area (Å²) >= 11 is 0. The Morgan fingerprint density at radius 2 is 1.03 bits per heavy atom. The average Bonchev–Trinajstić information content (AvgIpc) is 3.24. The molecule has 7 rings (SSSR count). The summed E-state index contributed by atoms with van der Waals surface area (Å²) in [5.41, 5.74) is 9.07. The van der Waals surface area contributed by atoms with Gasteiger partial charge in [-0.25, -0.2) is 9.97 Å². The second-order valence-electron chi connectivity index (χ2n) is 9.92. The van der Waals surface area contributed by atoms with E-state index in [9.17, 15) is 4.57 Å². The molecule has 1 aliphatic heterocycles. The van der Waals surface area contributed by atoms with Gasteiger partial charge in [0.2, 0.25) is 0 Å². The highest BCUT2D eigenvalue weighted by molar-refractivity contribution is 7.79. The molecule has 0 bridgehead atoms. The van der Waals surface area contributed by atoms with E-state index in [1.54, 1.807) is 0 Å². The summed E-state index contributed by atoms with van der Waals surface area (Å²) in [6, 6.07) is 45.1. The van der Waals surface area contributed by atoms with E-state index in [1.165, 1.54) is 0 Å². The monoisotopic (exact) mass is 520 g/mol. The van der Waals surface area contributed by atoms with Crippen LogP contribution in [-0.4, -0.2) is 16.6 Å².